The summed E-state index contributed by atoms with van der Waals surface area (Å²) < 4.78 is 1.19. The summed E-state index contributed by atoms with van der Waals surface area (Å²) in [4.78, 5) is 2.68. The minimum atomic E-state index is 0.607. The van der Waals surface area contributed by atoms with E-state index in [4.69, 9.17) is 0 Å². The average molecular weight is 309 g/mol. The van der Waals surface area contributed by atoms with Crippen LogP contribution in [0, 0.1) is 6.92 Å². The molecule has 18 heavy (non-hydrogen) atoms. The maximum Gasteiger partial charge on any atom is 0.0403 e. The third kappa shape index (κ3) is 2.57. The van der Waals surface area contributed by atoms with Crippen LogP contribution in [0.25, 0.3) is 0 Å². The molecule has 0 amide bonds. The van der Waals surface area contributed by atoms with Crippen LogP contribution < -0.4 is 5.32 Å². The van der Waals surface area contributed by atoms with Crippen LogP contribution in [-0.4, -0.2) is 29.6 Å². The predicted octanol–water partition coefficient (Wildman–Crippen LogP) is 3.79. The molecular weight excluding hydrogens is 288 g/mol. The lowest BCUT2D eigenvalue weighted by Crippen LogP contribution is -2.31. The maximum absolute atomic E-state index is 3.68. The number of benzene rings is 1. The summed E-state index contributed by atoms with van der Waals surface area (Å²) >= 11 is 3.60. The van der Waals surface area contributed by atoms with Crippen LogP contribution in [0.2, 0.25) is 0 Å². The first-order valence-corrected chi connectivity index (χ1v) is 7.71. The number of likely N-dealkylation sites (tertiary alicyclic amines) is 1. The second-order valence-corrected chi connectivity index (χ2v) is 6.67. The molecule has 98 valence electrons. The average Bonchev–Trinajstić information content (AvgIpc) is 3.09. The Hall–Kier alpha value is -0.540. The Morgan fingerprint density at radius 1 is 1.33 bits per heavy atom. The van der Waals surface area contributed by atoms with E-state index in [9.17, 15) is 0 Å². The second kappa shape index (κ2) is 4.86. The number of rotatable bonds is 3. The Balaban J connectivity index is 1.64. The molecule has 1 N–H and O–H groups in total. The first-order valence-electron chi connectivity index (χ1n) is 6.92. The number of anilines is 1. The fourth-order valence-electron chi connectivity index (χ4n) is 2.99. The van der Waals surface area contributed by atoms with E-state index in [1.807, 2.05) is 0 Å². The Morgan fingerprint density at radius 3 is 2.78 bits per heavy atom. The molecule has 3 rings (SSSR count). The van der Waals surface area contributed by atoms with Crippen molar-refractivity contribution in [1.29, 1.82) is 0 Å². The lowest BCUT2D eigenvalue weighted by Gasteiger charge is -2.20. The highest BCUT2D eigenvalue weighted by molar-refractivity contribution is 9.10. The van der Waals surface area contributed by atoms with Crippen molar-refractivity contribution in [2.75, 3.05) is 11.9 Å². The smallest absolute Gasteiger partial charge is 0.0403 e. The molecule has 2 aliphatic rings. The van der Waals surface area contributed by atoms with Gasteiger partial charge in [0.15, 0.2) is 0 Å². The van der Waals surface area contributed by atoms with Gasteiger partial charge in [-0.15, -0.1) is 0 Å². The van der Waals surface area contributed by atoms with Crippen LogP contribution >= 0.6 is 15.9 Å². The zero-order valence-corrected chi connectivity index (χ0v) is 12.7. The van der Waals surface area contributed by atoms with Gasteiger partial charge in [0, 0.05) is 34.8 Å². The number of nitrogens with one attached hydrogen (secondary N) is 1. The van der Waals surface area contributed by atoms with Crippen molar-refractivity contribution in [2.45, 2.75) is 51.2 Å². The third-order valence-electron chi connectivity index (χ3n) is 4.18. The largest absolute Gasteiger partial charge is 0.381 e. The lowest BCUT2D eigenvalue weighted by molar-refractivity contribution is 0.257. The summed E-state index contributed by atoms with van der Waals surface area (Å²) in [6.07, 6.45) is 4.09. The van der Waals surface area contributed by atoms with Crippen molar-refractivity contribution in [1.82, 2.24) is 4.90 Å². The number of hydrogen-bond acceptors (Lipinski definition) is 2. The molecule has 1 saturated heterocycles. The van der Waals surface area contributed by atoms with Crippen LogP contribution in [0.4, 0.5) is 5.69 Å². The molecule has 1 aromatic carbocycles. The van der Waals surface area contributed by atoms with Crippen LogP contribution in [0.1, 0.15) is 31.7 Å². The van der Waals surface area contributed by atoms with Gasteiger partial charge in [-0.25, -0.2) is 0 Å². The zero-order chi connectivity index (χ0) is 12.7. The van der Waals surface area contributed by atoms with Gasteiger partial charge in [-0.2, -0.15) is 0 Å². The van der Waals surface area contributed by atoms with Crippen molar-refractivity contribution in [3.63, 3.8) is 0 Å². The first-order chi connectivity index (χ1) is 8.63. The van der Waals surface area contributed by atoms with Crippen LogP contribution in [0.5, 0.6) is 0 Å². The normalized spacial score (nSPS) is 28.6. The van der Waals surface area contributed by atoms with Gasteiger partial charge in [0.05, 0.1) is 0 Å². The third-order valence-corrected chi connectivity index (χ3v) is 5.04. The van der Waals surface area contributed by atoms with Crippen molar-refractivity contribution < 1.29 is 0 Å². The molecule has 1 aliphatic carbocycles. The fourth-order valence-corrected chi connectivity index (χ4v) is 3.37. The number of hydrogen-bond donors (Lipinski definition) is 1. The van der Waals surface area contributed by atoms with Gasteiger partial charge in [-0.1, -0.05) is 22.0 Å². The van der Waals surface area contributed by atoms with E-state index in [1.54, 1.807) is 0 Å². The van der Waals surface area contributed by atoms with E-state index in [0.717, 1.165) is 12.1 Å². The van der Waals surface area contributed by atoms with Crippen LogP contribution in [0.3, 0.4) is 0 Å². The SMILES string of the molecule is Cc1ccc(NC2CC(C)N(C3CC3)C2)cc1Br. The van der Waals surface area contributed by atoms with Crippen molar-refractivity contribution in [2.24, 2.45) is 0 Å². The molecule has 1 saturated carbocycles. The summed E-state index contributed by atoms with van der Waals surface area (Å²) in [7, 11) is 0. The number of halogens is 1. The second-order valence-electron chi connectivity index (χ2n) is 5.82. The van der Waals surface area contributed by atoms with E-state index < -0.39 is 0 Å². The summed E-state index contributed by atoms with van der Waals surface area (Å²) in [5.41, 5.74) is 2.53. The quantitative estimate of drug-likeness (QED) is 0.914. The van der Waals surface area contributed by atoms with E-state index >= 15 is 0 Å². The molecule has 2 atom stereocenters. The Morgan fingerprint density at radius 2 is 2.11 bits per heavy atom. The zero-order valence-electron chi connectivity index (χ0n) is 11.1. The van der Waals surface area contributed by atoms with Crippen LogP contribution in [-0.2, 0) is 0 Å². The molecule has 1 aliphatic heterocycles. The highest BCUT2D eigenvalue weighted by Gasteiger charge is 2.38. The standard InChI is InChI=1S/C15H21BrN2/c1-10-3-4-12(8-15(10)16)17-13-7-11(2)18(9-13)14-5-6-14/h3-4,8,11,13-14,17H,5-7,9H2,1-2H3. The van der Waals surface area contributed by atoms with Crippen molar-refractivity contribution in [3.8, 4) is 0 Å². The monoisotopic (exact) mass is 308 g/mol. The maximum atomic E-state index is 3.68. The minimum Gasteiger partial charge on any atom is -0.381 e. The van der Waals surface area contributed by atoms with E-state index in [2.05, 4.69) is 58.2 Å². The molecule has 0 bridgehead atoms. The molecular formula is C15H21BrN2. The first kappa shape index (κ1) is 12.5. The molecule has 2 nitrogen and oxygen atoms in total. The van der Waals surface area contributed by atoms with E-state index in [-0.39, 0.29) is 0 Å². The summed E-state index contributed by atoms with van der Waals surface area (Å²) in [6, 6.07) is 8.78. The van der Waals surface area contributed by atoms with Crippen molar-refractivity contribution in [3.05, 3.63) is 28.2 Å². The number of nitrogens with zero attached hydrogens (tertiary/aromatic N) is 1. The van der Waals surface area contributed by atoms with Gasteiger partial charge in [0.1, 0.15) is 0 Å². The summed E-state index contributed by atoms with van der Waals surface area (Å²) in [6.45, 7) is 5.70. The molecule has 0 aromatic heterocycles. The summed E-state index contributed by atoms with van der Waals surface area (Å²) in [5, 5.41) is 3.68. The molecule has 2 unspecified atom stereocenters. The molecule has 0 radical (unpaired) electrons. The van der Waals surface area contributed by atoms with Gasteiger partial charge in [0.2, 0.25) is 0 Å². The molecule has 1 aromatic rings. The molecule has 1 heterocycles. The van der Waals surface area contributed by atoms with Crippen LogP contribution in [0.15, 0.2) is 22.7 Å². The highest BCUT2D eigenvalue weighted by atomic mass is 79.9. The molecule has 2 fully saturated rings. The minimum absolute atomic E-state index is 0.607. The van der Waals surface area contributed by atoms with Gasteiger partial charge in [0.25, 0.3) is 0 Å². The van der Waals surface area contributed by atoms with Gasteiger partial charge in [-0.3, -0.25) is 4.90 Å². The Bertz CT molecular complexity index is 442. The Labute approximate surface area is 118 Å². The summed E-state index contributed by atoms with van der Waals surface area (Å²) in [5.74, 6) is 0. The fraction of sp³-hybridized carbons (Fsp3) is 0.600. The van der Waals surface area contributed by atoms with Gasteiger partial charge in [-0.05, 0) is 50.8 Å². The van der Waals surface area contributed by atoms with E-state index in [0.29, 0.717) is 6.04 Å². The molecule has 0 spiro atoms. The molecule has 3 heteroatoms. The lowest BCUT2D eigenvalue weighted by atomic mass is 10.1. The predicted molar refractivity (Wildman–Crippen MR) is 80.1 cm³/mol. The van der Waals surface area contributed by atoms with E-state index in [1.165, 1.54) is 41.5 Å². The topological polar surface area (TPSA) is 15.3 Å². The van der Waals surface area contributed by atoms with Crippen molar-refractivity contribution >= 4 is 21.6 Å². The van der Waals surface area contributed by atoms with Gasteiger partial charge >= 0.3 is 0 Å². The Kier molecular flexibility index (Phi) is 3.37. The number of aryl methyl sites for hydroxylation is 1. The van der Waals surface area contributed by atoms with Gasteiger partial charge < -0.3 is 5.32 Å². The highest BCUT2D eigenvalue weighted by Crippen LogP contribution is 2.34.